The molecule has 0 aliphatic carbocycles. The number of fused-ring (bicyclic) bond motifs is 3. The highest BCUT2D eigenvalue weighted by atomic mass is 19.1. The molecule has 16 heteroatoms. The van der Waals surface area contributed by atoms with Gasteiger partial charge in [0.25, 0.3) is 11.5 Å². The minimum atomic E-state index is -0.926. The molecule has 3 aromatic carbocycles. The minimum Gasteiger partial charge on any atom is -0.489 e. The monoisotopic (exact) mass is 770 g/mol. The molecule has 2 aliphatic heterocycles. The zero-order valence-corrected chi connectivity index (χ0v) is 31.1. The lowest BCUT2D eigenvalue weighted by Gasteiger charge is -2.34. The molecule has 2 aromatic heterocycles. The van der Waals surface area contributed by atoms with Crippen molar-refractivity contribution >= 4 is 28.4 Å². The molecule has 0 bridgehead atoms. The standard InChI is InChI=1S/C40H40F2N6O8/c1-24(2)47-23-29(39(51)48(40(47)52)28-8-5-26(41)6-9-28)38(50)44-27-7-10-32(30(42)21-27)56-33-11-12-43-31-22-34(36-37(35(31)33)55-20-19-54-36)53-18-4-13-45-14-16-46(17-15-45)25(3)49/h5-12,21-24H,4,13-20H2,1-3H3,(H,44,50). The Bertz CT molecular complexity index is 2410. The van der Waals surface area contributed by atoms with Gasteiger partial charge in [0.05, 0.1) is 23.2 Å². The minimum absolute atomic E-state index is 0.0173. The number of pyridine rings is 1. The van der Waals surface area contributed by atoms with Crippen molar-refractivity contribution in [1.29, 1.82) is 0 Å². The Kier molecular flexibility index (Phi) is 11.0. The van der Waals surface area contributed by atoms with Crippen molar-refractivity contribution in [2.75, 3.05) is 57.9 Å². The van der Waals surface area contributed by atoms with E-state index in [1.54, 1.807) is 32.9 Å². The second-order valence-electron chi connectivity index (χ2n) is 13.6. The number of halogens is 2. The number of hydrogen-bond donors (Lipinski definition) is 1. The lowest BCUT2D eigenvalue weighted by Crippen LogP contribution is -2.48. The van der Waals surface area contributed by atoms with E-state index in [1.165, 1.54) is 35.0 Å². The highest BCUT2D eigenvalue weighted by Gasteiger charge is 2.26. The number of anilines is 1. The molecule has 7 rings (SSSR count). The number of aromatic nitrogens is 3. The van der Waals surface area contributed by atoms with Crippen LogP contribution in [0.15, 0.2) is 76.6 Å². The third-order valence-corrected chi connectivity index (χ3v) is 9.55. The average molecular weight is 771 g/mol. The molecule has 4 heterocycles. The SMILES string of the molecule is CC(=O)N1CCN(CCCOc2cc3nccc(Oc4ccc(NC(=O)c5cn(C(C)C)c(=O)n(-c6ccc(F)cc6)c5=O)cc4F)c3c3c2OCCO3)CC1. The lowest BCUT2D eigenvalue weighted by atomic mass is 10.1. The average Bonchev–Trinajstić information content (AvgIpc) is 3.18. The summed E-state index contributed by atoms with van der Waals surface area (Å²) >= 11 is 0. The van der Waals surface area contributed by atoms with E-state index in [1.807, 2.05) is 4.90 Å². The summed E-state index contributed by atoms with van der Waals surface area (Å²) in [5.74, 6) is -0.916. The molecule has 1 N–H and O–H groups in total. The van der Waals surface area contributed by atoms with Crippen LogP contribution in [0.2, 0.25) is 0 Å². The number of nitrogens with one attached hydrogen (secondary N) is 1. The molecule has 0 unspecified atom stereocenters. The lowest BCUT2D eigenvalue weighted by molar-refractivity contribution is -0.130. The molecule has 5 aromatic rings. The van der Waals surface area contributed by atoms with Gasteiger partial charge in [-0.3, -0.25) is 28.8 Å². The predicted molar refractivity (Wildman–Crippen MR) is 203 cm³/mol. The van der Waals surface area contributed by atoms with Crippen LogP contribution >= 0.6 is 0 Å². The maximum atomic E-state index is 15.6. The largest absolute Gasteiger partial charge is 0.489 e. The Morgan fingerprint density at radius 3 is 2.34 bits per heavy atom. The number of carbonyl (C=O) groups excluding carboxylic acids is 2. The molecule has 0 saturated carbocycles. The summed E-state index contributed by atoms with van der Waals surface area (Å²) in [6, 6.07) is 11.3. The normalized spacial score (nSPS) is 14.2. The molecule has 2 aliphatic rings. The number of nitrogens with zero attached hydrogens (tertiary/aromatic N) is 5. The van der Waals surface area contributed by atoms with E-state index in [2.05, 4.69) is 15.2 Å². The molecule has 2 amide bonds. The van der Waals surface area contributed by atoms with Crippen molar-refractivity contribution in [3.05, 3.63) is 105 Å². The van der Waals surface area contributed by atoms with Crippen LogP contribution in [0, 0.1) is 11.6 Å². The van der Waals surface area contributed by atoms with E-state index in [0.717, 1.165) is 55.0 Å². The summed E-state index contributed by atoms with van der Waals surface area (Å²) in [7, 11) is 0. The van der Waals surface area contributed by atoms with Gasteiger partial charge in [-0.2, -0.15) is 0 Å². The van der Waals surface area contributed by atoms with Crippen LogP contribution in [0.3, 0.4) is 0 Å². The first-order valence-electron chi connectivity index (χ1n) is 18.2. The Morgan fingerprint density at radius 1 is 0.911 bits per heavy atom. The van der Waals surface area contributed by atoms with Crippen molar-refractivity contribution in [2.45, 2.75) is 33.2 Å². The first-order chi connectivity index (χ1) is 27.0. The Hall–Kier alpha value is -6.29. The summed E-state index contributed by atoms with van der Waals surface area (Å²) in [6.07, 6.45) is 3.41. The van der Waals surface area contributed by atoms with Gasteiger partial charge in [-0.1, -0.05) is 0 Å². The topological polar surface area (TPSA) is 146 Å². The van der Waals surface area contributed by atoms with Crippen molar-refractivity contribution in [3.63, 3.8) is 0 Å². The molecule has 0 atom stereocenters. The van der Waals surface area contributed by atoms with Crippen molar-refractivity contribution in [1.82, 2.24) is 23.9 Å². The smallest absolute Gasteiger partial charge is 0.335 e. The molecular formula is C40H40F2N6O8. The van der Waals surface area contributed by atoms with Gasteiger partial charge >= 0.3 is 5.69 Å². The van der Waals surface area contributed by atoms with Gasteiger partial charge in [-0.25, -0.2) is 18.1 Å². The first-order valence-corrected chi connectivity index (χ1v) is 18.2. The molecule has 1 saturated heterocycles. The van der Waals surface area contributed by atoms with Gasteiger partial charge in [0.2, 0.25) is 11.7 Å². The van der Waals surface area contributed by atoms with Crippen molar-refractivity contribution < 1.29 is 37.3 Å². The first kappa shape index (κ1) is 38.0. The molecule has 56 heavy (non-hydrogen) atoms. The number of amides is 2. The number of ether oxygens (including phenoxy) is 4. The Balaban J connectivity index is 1.08. The Morgan fingerprint density at radius 2 is 1.64 bits per heavy atom. The zero-order chi connectivity index (χ0) is 39.5. The third kappa shape index (κ3) is 7.91. The van der Waals surface area contributed by atoms with E-state index < -0.39 is 34.8 Å². The van der Waals surface area contributed by atoms with Crippen LogP contribution in [0.4, 0.5) is 14.5 Å². The molecule has 292 valence electrons. The van der Waals surface area contributed by atoms with Crippen molar-refractivity contribution in [3.8, 4) is 34.4 Å². The van der Waals surface area contributed by atoms with Gasteiger partial charge in [0, 0.05) is 75.9 Å². The summed E-state index contributed by atoms with van der Waals surface area (Å²) in [4.78, 5) is 60.3. The highest BCUT2D eigenvalue weighted by Crippen LogP contribution is 2.48. The van der Waals surface area contributed by atoms with Gasteiger partial charge in [0.1, 0.15) is 30.3 Å². The van der Waals surface area contributed by atoms with Crippen LogP contribution in [0.1, 0.15) is 43.6 Å². The predicted octanol–water partition coefficient (Wildman–Crippen LogP) is 5.16. The summed E-state index contributed by atoms with van der Waals surface area (Å²) < 4.78 is 55.5. The fourth-order valence-electron chi connectivity index (χ4n) is 6.62. The van der Waals surface area contributed by atoms with E-state index in [-0.39, 0.29) is 41.0 Å². The Labute approximate surface area is 319 Å². The number of carbonyl (C=O) groups is 2. The van der Waals surface area contributed by atoms with Crippen molar-refractivity contribution in [2.24, 2.45) is 0 Å². The molecule has 14 nitrogen and oxygen atoms in total. The molecule has 0 radical (unpaired) electrons. The number of rotatable bonds is 11. The molecule has 1 fully saturated rings. The maximum Gasteiger partial charge on any atom is 0.335 e. The van der Waals surface area contributed by atoms with Gasteiger partial charge in [0.15, 0.2) is 23.1 Å². The van der Waals surface area contributed by atoms with Crippen LogP contribution in [-0.2, 0) is 4.79 Å². The van der Waals surface area contributed by atoms with Crippen LogP contribution in [0.5, 0.6) is 28.7 Å². The van der Waals surface area contributed by atoms with Gasteiger partial charge in [-0.15, -0.1) is 0 Å². The van der Waals surface area contributed by atoms with Gasteiger partial charge in [-0.05, 0) is 62.7 Å². The second-order valence-corrected chi connectivity index (χ2v) is 13.6. The fourth-order valence-corrected chi connectivity index (χ4v) is 6.62. The quantitative estimate of drug-likeness (QED) is 0.179. The zero-order valence-electron chi connectivity index (χ0n) is 31.1. The van der Waals surface area contributed by atoms with E-state index >= 15 is 4.39 Å². The number of hydrogen-bond acceptors (Lipinski definition) is 10. The third-order valence-electron chi connectivity index (χ3n) is 9.55. The van der Waals surface area contributed by atoms with Crippen LogP contribution < -0.4 is 35.5 Å². The number of piperazine rings is 1. The molecule has 0 spiro atoms. The number of benzene rings is 3. The summed E-state index contributed by atoms with van der Waals surface area (Å²) in [5, 5.41) is 2.98. The summed E-state index contributed by atoms with van der Waals surface area (Å²) in [5.41, 5.74) is -1.45. The summed E-state index contributed by atoms with van der Waals surface area (Å²) in [6.45, 7) is 9.82. The second kappa shape index (κ2) is 16.2. The maximum absolute atomic E-state index is 15.6. The fraction of sp³-hybridized carbons (Fsp3) is 0.325. The van der Waals surface area contributed by atoms with E-state index in [9.17, 15) is 23.6 Å². The van der Waals surface area contributed by atoms with E-state index in [0.29, 0.717) is 54.5 Å². The van der Waals surface area contributed by atoms with E-state index in [4.69, 9.17) is 18.9 Å². The van der Waals surface area contributed by atoms with Crippen LogP contribution in [0.25, 0.3) is 16.6 Å². The highest BCUT2D eigenvalue weighted by molar-refractivity contribution is 6.04. The molecular weight excluding hydrogens is 730 g/mol. The van der Waals surface area contributed by atoms with Gasteiger partial charge < -0.3 is 29.2 Å². The van der Waals surface area contributed by atoms with Crippen LogP contribution in [-0.4, -0.2) is 88.3 Å².